The molecule has 1 aromatic heterocycles. The molecule has 1 aromatic carbocycles. The van der Waals surface area contributed by atoms with Crippen molar-refractivity contribution in [2.75, 3.05) is 19.6 Å². The highest BCUT2D eigenvalue weighted by Gasteiger charge is 2.24. The van der Waals surface area contributed by atoms with Crippen molar-refractivity contribution in [1.29, 1.82) is 0 Å². The van der Waals surface area contributed by atoms with E-state index < -0.39 is 0 Å². The van der Waals surface area contributed by atoms with Crippen LogP contribution in [0.15, 0.2) is 41.6 Å². The third-order valence-corrected chi connectivity index (χ3v) is 5.86. The second kappa shape index (κ2) is 7.70. The first-order chi connectivity index (χ1) is 13.1. The van der Waals surface area contributed by atoms with Crippen molar-refractivity contribution >= 4 is 40.5 Å². The largest absolute Gasteiger partial charge is 0.390 e. The average molecular weight is 404 g/mol. The van der Waals surface area contributed by atoms with E-state index in [0.29, 0.717) is 27.7 Å². The van der Waals surface area contributed by atoms with Crippen molar-refractivity contribution in [1.82, 2.24) is 10.2 Å². The van der Waals surface area contributed by atoms with Gasteiger partial charge in [-0.3, -0.25) is 9.59 Å². The van der Waals surface area contributed by atoms with Gasteiger partial charge in [-0.2, -0.15) is 0 Å². The molecule has 2 aromatic rings. The third kappa shape index (κ3) is 3.99. The molecule has 1 atom stereocenters. The van der Waals surface area contributed by atoms with Crippen LogP contribution >= 0.6 is 22.9 Å². The van der Waals surface area contributed by atoms with Crippen LogP contribution in [0.2, 0.25) is 4.34 Å². The molecule has 8 heteroatoms. The van der Waals surface area contributed by atoms with Crippen LogP contribution in [0.1, 0.15) is 38.4 Å². The fourth-order valence-electron chi connectivity index (χ4n) is 2.95. The van der Waals surface area contributed by atoms with E-state index in [1.165, 1.54) is 11.3 Å². The Bertz CT molecular complexity index is 890. The van der Waals surface area contributed by atoms with E-state index >= 15 is 0 Å². The Morgan fingerprint density at radius 2 is 2.00 bits per heavy atom. The molecule has 1 unspecified atom stereocenters. The first-order valence-electron chi connectivity index (χ1n) is 8.76. The minimum absolute atomic E-state index is 0.0756. The van der Waals surface area contributed by atoms with Crippen LogP contribution in [0.3, 0.4) is 0 Å². The summed E-state index contributed by atoms with van der Waals surface area (Å²) in [6, 6.07) is 10.8. The SMILES string of the molecule is O=C(NCC1CC(c2ccc(C(=O)N3CCC3)cc2)=NO1)c1ccc(Cl)s1. The van der Waals surface area contributed by atoms with Crippen molar-refractivity contribution in [3.05, 3.63) is 56.7 Å². The summed E-state index contributed by atoms with van der Waals surface area (Å²) in [7, 11) is 0. The van der Waals surface area contributed by atoms with Crippen molar-refractivity contribution < 1.29 is 14.4 Å². The highest BCUT2D eigenvalue weighted by atomic mass is 35.5. The number of amides is 2. The van der Waals surface area contributed by atoms with Gasteiger partial charge in [0.25, 0.3) is 11.8 Å². The summed E-state index contributed by atoms with van der Waals surface area (Å²) < 4.78 is 0.582. The van der Waals surface area contributed by atoms with Crippen LogP contribution in [-0.4, -0.2) is 48.2 Å². The Labute approximate surface area is 165 Å². The lowest BCUT2D eigenvalue weighted by molar-refractivity contribution is 0.0651. The smallest absolute Gasteiger partial charge is 0.261 e. The van der Waals surface area contributed by atoms with Gasteiger partial charge in [0.1, 0.15) is 6.10 Å². The molecule has 3 heterocycles. The van der Waals surface area contributed by atoms with Gasteiger partial charge in [0.15, 0.2) is 0 Å². The van der Waals surface area contributed by atoms with Gasteiger partial charge < -0.3 is 15.1 Å². The predicted molar refractivity (Wildman–Crippen MR) is 105 cm³/mol. The summed E-state index contributed by atoms with van der Waals surface area (Å²) in [5.41, 5.74) is 2.43. The van der Waals surface area contributed by atoms with E-state index in [0.717, 1.165) is 30.8 Å². The van der Waals surface area contributed by atoms with E-state index in [-0.39, 0.29) is 17.9 Å². The fourth-order valence-corrected chi connectivity index (χ4v) is 3.90. The molecule has 27 heavy (non-hydrogen) atoms. The zero-order chi connectivity index (χ0) is 18.8. The Hall–Kier alpha value is -2.38. The number of nitrogens with one attached hydrogen (secondary N) is 1. The van der Waals surface area contributed by atoms with Crippen molar-refractivity contribution in [3.8, 4) is 0 Å². The zero-order valence-corrected chi connectivity index (χ0v) is 16.1. The summed E-state index contributed by atoms with van der Waals surface area (Å²) in [5.74, 6) is -0.0931. The minimum atomic E-state index is -0.207. The van der Waals surface area contributed by atoms with Gasteiger partial charge in [-0.05, 0) is 36.2 Å². The monoisotopic (exact) mass is 403 g/mol. The topological polar surface area (TPSA) is 71.0 Å². The minimum Gasteiger partial charge on any atom is -0.390 e. The van der Waals surface area contributed by atoms with E-state index in [2.05, 4.69) is 10.5 Å². The fraction of sp³-hybridized carbons (Fsp3) is 0.316. The van der Waals surface area contributed by atoms with E-state index in [9.17, 15) is 9.59 Å². The molecule has 2 amide bonds. The Kier molecular flexibility index (Phi) is 5.13. The van der Waals surface area contributed by atoms with E-state index in [1.54, 1.807) is 12.1 Å². The Balaban J connectivity index is 1.30. The molecule has 1 saturated heterocycles. The first-order valence-corrected chi connectivity index (χ1v) is 9.95. The lowest BCUT2D eigenvalue weighted by atomic mass is 10.0. The Morgan fingerprint density at radius 1 is 1.22 bits per heavy atom. The maximum atomic E-state index is 12.2. The summed E-state index contributed by atoms with van der Waals surface area (Å²) in [4.78, 5) is 32.1. The molecule has 140 valence electrons. The summed E-state index contributed by atoms with van der Waals surface area (Å²) in [5, 5.41) is 6.97. The normalized spacial score (nSPS) is 18.5. The maximum Gasteiger partial charge on any atom is 0.261 e. The molecule has 0 spiro atoms. The number of benzene rings is 1. The van der Waals surface area contributed by atoms with Crippen molar-refractivity contribution in [2.45, 2.75) is 18.9 Å². The second-order valence-electron chi connectivity index (χ2n) is 6.51. The number of oxime groups is 1. The third-order valence-electron chi connectivity index (χ3n) is 4.63. The molecule has 2 aliphatic rings. The van der Waals surface area contributed by atoms with Crippen LogP contribution in [0.4, 0.5) is 0 Å². The number of thiophene rings is 1. The maximum absolute atomic E-state index is 12.2. The van der Waals surface area contributed by atoms with E-state index in [4.69, 9.17) is 16.4 Å². The number of halogens is 1. The van der Waals surface area contributed by atoms with Crippen LogP contribution in [0.5, 0.6) is 0 Å². The van der Waals surface area contributed by atoms with Gasteiger partial charge >= 0.3 is 0 Å². The van der Waals surface area contributed by atoms with Crippen molar-refractivity contribution in [2.24, 2.45) is 5.16 Å². The summed E-state index contributed by atoms with van der Waals surface area (Å²) in [6.07, 6.45) is 1.47. The molecule has 4 rings (SSSR count). The molecule has 1 fully saturated rings. The number of rotatable bonds is 5. The lowest BCUT2D eigenvalue weighted by Crippen LogP contribution is -2.41. The predicted octanol–water partition coefficient (Wildman–Crippen LogP) is 3.17. The second-order valence-corrected chi connectivity index (χ2v) is 8.22. The molecular formula is C19H18ClN3O3S. The van der Waals surface area contributed by atoms with Crippen LogP contribution in [0, 0.1) is 0 Å². The number of hydrogen-bond donors (Lipinski definition) is 1. The molecule has 2 aliphatic heterocycles. The number of carbonyl (C=O) groups excluding carboxylic acids is 2. The quantitative estimate of drug-likeness (QED) is 0.833. The molecule has 0 radical (unpaired) electrons. The van der Waals surface area contributed by atoms with Crippen molar-refractivity contribution in [3.63, 3.8) is 0 Å². The number of nitrogens with zero attached hydrogens (tertiary/aromatic N) is 2. The molecule has 0 saturated carbocycles. The molecular weight excluding hydrogens is 386 g/mol. The van der Waals surface area contributed by atoms with Gasteiger partial charge in [0, 0.05) is 25.1 Å². The van der Waals surface area contributed by atoms with E-state index in [1.807, 2.05) is 29.2 Å². The van der Waals surface area contributed by atoms with Gasteiger partial charge in [0.2, 0.25) is 0 Å². The number of carbonyl (C=O) groups is 2. The lowest BCUT2D eigenvalue weighted by Gasteiger charge is -2.30. The van der Waals surface area contributed by atoms with Crippen LogP contribution in [-0.2, 0) is 4.84 Å². The molecule has 0 bridgehead atoms. The van der Waals surface area contributed by atoms with Gasteiger partial charge in [-0.25, -0.2) is 0 Å². The van der Waals surface area contributed by atoms with Crippen LogP contribution < -0.4 is 5.32 Å². The van der Waals surface area contributed by atoms with Gasteiger partial charge in [0.05, 0.1) is 21.5 Å². The summed E-state index contributed by atoms with van der Waals surface area (Å²) in [6.45, 7) is 2.05. The summed E-state index contributed by atoms with van der Waals surface area (Å²) >= 11 is 7.09. The zero-order valence-electron chi connectivity index (χ0n) is 14.5. The number of likely N-dealkylation sites (tertiary alicyclic amines) is 1. The standard InChI is InChI=1S/C19H18ClN3O3S/c20-17-7-6-16(27-17)18(24)21-11-14-10-15(22-26-14)12-2-4-13(5-3-12)19(25)23-8-1-9-23/h2-7,14H,1,8-11H2,(H,21,24). The van der Waals surface area contributed by atoms with Gasteiger partial charge in [-0.1, -0.05) is 28.9 Å². The molecule has 6 nitrogen and oxygen atoms in total. The number of hydrogen-bond acceptors (Lipinski definition) is 5. The van der Waals surface area contributed by atoms with Gasteiger partial charge in [-0.15, -0.1) is 11.3 Å². The molecule has 0 aliphatic carbocycles. The van der Waals surface area contributed by atoms with Crippen LogP contribution in [0.25, 0.3) is 0 Å². The average Bonchev–Trinajstić information content (AvgIpc) is 3.27. The Morgan fingerprint density at radius 3 is 2.63 bits per heavy atom. The molecule has 1 N–H and O–H groups in total. The first kappa shape index (κ1) is 18.0. The highest BCUT2D eigenvalue weighted by molar-refractivity contribution is 7.17. The highest BCUT2D eigenvalue weighted by Crippen LogP contribution is 2.22.